The summed E-state index contributed by atoms with van der Waals surface area (Å²) < 4.78 is 5.05. The van der Waals surface area contributed by atoms with Crippen LogP contribution in [0.25, 0.3) is 0 Å². The molecule has 0 spiro atoms. The minimum atomic E-state index is -0.565. The molecule has 0 unspecified atom stereocenters. The molecule has 0 aliphatic carbocycles. The average Bonchev–Trinajstić information content (AvgIpc) is 2.90. The van der Waals surface area contributed by atoms with Crippen molar-refractivity contribution in [1.29, 1.82) is 0 Å². The highest BCUT2D eigenvalue weighted by molar-refractivity contribution is 5.99. The summed E-state index contributed by atoms with van der Waals surface area (Å²) >= 11 is 0. The first-order valence-electron chi connectivity index (χ1n) is 7.85. The van der Waals surface area contributed by atoms with Crippen molar-refractivity contribution in [2.75, 3.05) is 6.61 Å². The number of allylic oxidation sites excluding steroid dienone is 1. The lowest BCUT2D eigenvalue weighted by Gasteiger charge is -2.18. The van der Waals surface area contributed by atoms with E-state index in [0.29, 0.717) is 5.92 Å². The Bertz CT molecular complexity index is 539. The van der Waals surface area contributed by atoms with Crippen molar-refractivity contribution in [3.8, 4) is 0 Å². The lowest BCUT2D eigenvalue weighted by atomic mass is 10.0. The van der Waals surface area contributed by atoms with Gasteiger partial charge in [-0.05, 0) is 24.0 Å². The van der Waals surface area contributed by atoms with Crippen LogP contribution in [0.1, 0.15) is 44.7 Å². The van der Waals surface area contributed by atoms with Crippen LogP contribution < -0.4 is 0 Å². The maximum Gasteiger partial charge on any atom is 0.417 e. The summed E-state index contributed by atoms with van der Waals surface area (Å²) in [4.78, 5) is 25.4. The molecule has 4 heteroatoms. The van der Waals surface area contributed by atoms with Gasteiger partial charge in [-0.1, -0.05) is 63.1 Å². The maximum absolute atomic E-state index is 12.3. The van der Waals surface area contributed by atoms with Crippen molar-refractivity contribution in [2.24, 2.45) is 5.92 Å². The van der Waals surface area contributed by atoms with E-state index in [0.717, 1.165) is 24.8 Å². The molecule has 2 atom stereocenters. The summed E-state index contributed by atoms with van der Waals surface area (Å²) in [5.41, 5.74) is 0.912. The van der Waals surface area contributed by atoms with Gasteiger partial charge in [-0.3, -0.25) is 4.79 Å². The smallest absolute Gasteiger partial charge is 0.417 e. The fraction of sp³-hybridized carbons (Fsp3) is 0.444. The van der Waals surface area contributed by atoms with Gasteiger partial charge in [0.1, 0.15) is 12.6 Å². The van der Waals surface area contributed by atoms with Gasteiger partial charge in [-0.2, -0.15) is 0 Å². The molecular weight excluding hydrogens is 278 g/mol. The van der Waals surface area contributed by atoms with Gasteiger partial charge in [-0.15, -0.1) is 0 Å². The number of carbonyl (C=O) groups excluding carboxylic acids is 2. The van der Waals surface area contributed by atoms with Crippen molar-refractivity contribution in [3.05, 3.63) is 48.0 Å². The summed E-state index contributed by atoms with van der Waals surface area (Å²) in [6, 6.07) is 9.16. The predicted molar refractivity (Wildman–Crippen MR) is 85.2 cm³/mol. The van der Waals surface area contributed by atoms with E-state index in [1.165, 1.54) is 11.0 Å². The Hall–Kier alpha value is -2.10. The quantitative estimate of drug-likeness (QED) is 0.743. The molecule has 0 bridgehead atoms. The van der Waals surface area contributed by atoms with Gasteiger partial charge in [0.15, 0.2) is 0 Å². The number of rotatable bonds is 6. The third-order valence-electron chi connectivity index (χ3n) is 3.88. The third-order valence-corrected chi connectivity index (χ3v) is 3.88. The Morgan fingerprint density at radius 1 is 1.41 bits per heavy atom. The molecule has 2 amide bonds. The highest BCUT2D eigenvalue weighted by atomic mass is 16.6. The van der Waals surface area contributed by atoms with E-state index in [2.05, 4.69) is 13.8 Å². The molecule has 1 saturated heterocycles. The first-order chi connectivity index (χ1) is 10.6. The second-order valence-electron chi connectivity index (χ2n) is 5.74. The minimum Gasteiger partial charge on any atom is -0.446 e. The maximum atomic E-state index is 12.3. The number of cyclic esters (lactones) is 1. The molecule has 0 radical (unpaired) electrons. The first kappa shape index (κ1) is 16.3. The number of ether oxygens (including phenoxy) is 1. The van der Waals surface area contributed by atoms with E-state index < -0.39 is 6.09 Å². The lowest BCUT2D eigenvalue weighted by molar-refractivity contribution is -0.124. The molecule has 4 nitrogen and oxygen atoms in total. The topological polar surface area (TPSA) is 46.6 Å². The van der Waals surface area contributed by atoms with E-state index in [1.807, 2.05) is 36.4 Å². The van der Waals surface area contributed by atoms with Gasteiger partial charge >= 0.3 is 6.09 Å². The van der Waals surface area contributed by atoms with Crippen molar-refractivity contribution in [2.45, 2.75) is 39.2 Å². The molecule has 0 saturated carbocycles. The van der Waals surface area contributed by atoms with Crippen LogP contribution in [0.5, 0.6) is 0 Å². The molecular formula is C18H23NO3. The van der Waals surface area contributed by atoms with E-state index in [4.69, 9.17) is 4.74 Å². The van der Waals surface area contributed by atoms with Crippen LogP contribution in [0.15, 0.2) is 42.5 Å². The fourth-order valence-electron chi connectivity index (χ4n) is 2.68. The van der Waals surface area contributed by atoms with Gasteiger partial charge in [-0.25, -0.2) is 9.69 Å². The Labute approximate surface area is 131 Å². The Morgan fingerprint density at radius 3 is 2.82 bits per heavy atom. The molecule has 2 rings (SSSR count). The monoisotopic (exact) mass is 301 g/mol. The molecule has 0 aromatic heterocycles. The molecule has 1 aliphatic rings. The van der Waals surface area contributed by atoms with E-state index in [-0.39, 0.29) is 18.6 Å². The van der Waals surface area contributed by atoms with Crippen LogP contribution in [0, 0.1) is 5.92 Å². The third kappa shape index (κ3) is 3.97. The van der Waals surface area contributed by atoms with Crippen LogP contribution in [0.3, 0.4) is 0 Å². The first-order valence-corrected chi connectivity index (χ1v) is 7.85. The zero-order chi connectivity index (χ0) is 15.9. The summed E-state index contributed by atoms with van der Waals surface area (Å²) in [6.07, 6.45) is 5.91. The largest absolute Gasteiger partial charge is 0.446 e. The number of hydrogen-bond acceptors (Lipinski definition) is 3. The molecule has 22 heavy (non-hydrogen) atoms. The summed E-state index contributed by atoms with van der Waals surface area (Å²) in [5.74, 6) is 0.240. The molecule has 1 aliphatic heterocycles. The van der Waals surface area contributed by atoms with Gasteiger partial charge in [0, 0.05) is 0 Å². The molecule has 1 aromatic rings. The molecule has 1 heterocycles. The van der Waals surface area contributed by atoms with Gasteiger partial charge in [0.25, 0.3) is 5.91 Å². The van der Waals surface area contributed by atoms with Crippen LogP contribution >= 0.6 is 0 Å². The van der Waals surface area contributed by atoms with E-state index >= 15 is 0 Å². The van der Waals surface area contributed by atoms with Crippen molar-refractivity contribution < 1.29 is 14.3 Å². The number of carbonyl (C=O) groups is 2. The Morgan fingerprint density at radius 2 is 2.14 bits per heavy atom. The summed E-state index contributed by atoms with van der Waals surface area (Å²) in [5, 5.41) is 0. The highest BCUT2D eigenvalue weighted by Crippen LogP contribution is 2.27. The number of amides is 2. The fourth-order valence-corrected chi connectivity index (χ4v) is 2.68. The highest BCUT2D eigenvalue weighted by Gasteiger charge is 2.37. The van der Waals surface area contributed by atoms with Crippen LogP contribution in [-0.4, -0.2) is 23.5 Å². The zero-order valence-electron chi connectivity index (χ0n) is 13.2. The number of nitrogens with zero attached hydrogens (tertiary/aromatic N) is 1. The average molecular weight is 301 g/mol. The van der Waals surface area contributed by atoms with E-state index in [1.54, 1.807) is 0 Å². The molecule has 1 aromatic carbocycles. The van der Waals surface area contributed by atoms with Crippen LogP contribution in [0.4, 0.5) is 4.79 Å². The molecule has 0 N–H and O–H groups in total. The van der Waals surface area contributed by atoms with Crippen molar-refractivity contribution in [3.63, 3.8) is 0 Å². The normalized spacial score (nSPS) is 19.5. The second-order valence-corrected chi connectivity index (χ2v) is 5.74. The van der Waals surface area contributed by atoms with Gasteiger partial charge in [0.2, 0.25) is 0 Å². The lowest BCUT2D eigenvalue weighted by Crippen LogP contribution is -2.32. The predicted octanol–water partition coefficient (Wildman–Crippen LogP) is 4.09. The minimum absolute atomic E-state index is 0.217. The Kier molecular flexibility index (Phi) is 5.75. The van der Waals surface area contributed by atoms with Crippen LogP contribution in [0.2, 0.25) is 0 Å². The number of imide groups is 1. The zero-order valence-corrected chi connectivity index (χ0v) is 13.2. The van der Waals surface area contributed by atoms with E-state index in [9.17, 15) is 9.59 Å². The Balaban J connectivity index is 2.03. The van der Waals surface area contributed by atoms with Gasteiger partial charge < -0.3 is 4.74 Å². The standard InChI is InChI=1S/C18H23NO3/c1-3-8-14(2)9-7-12-17(20)19-16(13-22-18(19)21)15-10-5-4-6-11-15/h4-7,10-12,14,16H,3,8-9,13H2,1-2H3/b12-7-/t14-,16-/m0/s1. The summed E-state index contributed by atoms with van der Waals surface area (Å²) in [7, 11) is 0. The second kappa shape index (κ2) is 7.78. The number of hydrogen-bond donors (Lipinski definition) is 0. The molecule has 118 valence electrons. The van der Waals surface area contributed by atoms with Crippen molar-refractivity contribution >= 4 is 12.0 Å². The SMILES string of the molecule is CCC[C@H](C)C/C=C\C(=O)N1C(=O)OC[C@H]1c1ccccc1. The van der Waals surface area contributed by atoms with Crippen LogP contribution in [-0.2, 0) is 9.53 Å². The van der Waals surface area contributed by atoms with Crippen molar-refractivity contribution in [1.82, 2.24) is 4.90 Å². The molecule has 1 fully saturated rings. The number of benzene rings is 1. The van der Waals surface area contributed by atoms with Gasteiger partial charge in [0.05, 0.1) is 0 Å². The summed E-state index contributed by atoms with van der Waals surface area (Å²) in [6.45, 7) is 4.53.